The molecule has 6 aromatic rings. The Morgan fingerprint density at radius 2 is 1.18 bits per heavy atom. The average molecular weight is 697 g/mol. The van der Waals surface area contributed by atoms with E-state index in [2.05, 4.69) is 43.2 Å². The van der Waals surface area contributed by atoms with E-state index in [4.69, 9.17) is 25.5 Å². The monoisotopic (exact) mass is 696 g/mol. The number of benzene rings is 4. The van der Waals surface area contributed by atoms with E-state index in [1.807, 2.05) is 107 Å². The number of amidine groups is 2. The van der Waals surface area contributed by atoms with Crippen LogP contribution in [-0.2, 0) is 0 Å². The van der Waals surface area contributed by atoms with Crippen molar-refractivity contribution in [2.75, 3.05) is 0 Å². The largest absolute Gasteiger partial charge is 0.456 e. The molecular weight excluding hydrogens is 663 g/mol. The Hall–Kier alpha value is -4.71. The van der Waals surface area contributed by atoms with Gasteiger partial charge in [-0.15, -0.1) is 0 Å². The lowest BCUT2D eigenvalue weighted by Crippen LogP contribution is -2.30. The van der Waals surface area contributed by atoms with Crippen LogP contribution in [0.25, 0.3) is 44.8 Å². The van der Waals surface area contributed by atoms with Gasteiger partial charge in [0.2, 0.25) is 0 Å². The molecule has 0 spiro atoms. The topological polar surface area (TPSA) is 138 Å². The molecule has 4 aromatic carbocycles. The highest BCUT2D eigenvalue weighted by Crippen LogP contribution is 2.32. The first-order valence-corrected chi connectivity index (χ1v) is 15.5. The highest BCUT2D eigenvalue weighted by molar-refractivity contribution is 14.1. The molecule has 0 aliphatic heterocycles. The van der Waals surface area contributed by atoms with Crippen molar-refractivity contribution in [2.45, 2.75) is 39.8 Å². The van der Waals surface area contributed by atoms with E-state index in [1.165, 1.54) is 0 Å². The summed E-state index contributed by atoms with van der Waals surface area (Å²) in [6, 6.07) is 25.8. The predicted molar refractivity (Wildman–Crippen MR) is 186 cm³/mol. The molecule has 6 N–H and O–H groups in total. The SMILES string of the molecule is CC(C)NC(=N)c1ccc2nc(-c3ccc(Oc4ccc(-c5nc6ccc(C(=N)NC(C)C)cc6[nH]5)cc4I)cc3)[nH]c2c1. The van der Waals surface area contributed by atoms with Crippen LogP contribution in [0.1, 0.15) is 38.8 Å². The van der Waals surface area contributed by atoms with Gasteiger partial charge in [0.05, 0.1) is 25.6 Å². The van der Waals surface area contributed by atoms with Crippen molar-refractivity contribution >= 4 is 56.3 Å². The van der Waals surface area contributed by atoms with Crippen molar-refractivity contribution in [1.29, 1.82) is 10.8 Å². The molecule has 0 atom stereocenters. The van der Waals surface area contributed by atoms with Gasteiger partial charge in [-0.1, -0.05) is 0 Å². The summed E-state index contributed by atoms with van der Waals surface area (Å²) in [4.78, 5) is 16.3. The maximum absolute atomic E-state index is 8.29. The number of fused-ring (bicyclic) bond motifs is 2. The zero-order chi connectivity index (χ0) is 31.0. The number of ether oxygens (including phenoxy) is 1. The zero-order valence-electron chi connectivity index (χ0n) is 24.8. The van der Waals surface area contributed by atoms with Gasteiger partial charge in [0.1, 0.15) is 34.8 Å². The van der Waals surface area contributed by atoms with Gasteiger partial charge < -0.3 is 25.3 Å². The molecule has 222 valence electrons. The number of nitrogens with zero attached hydrogens (tertiary/aromatic N) is 2. The minimum atomic E-state index is 0.191. The first-order valence-electron chi connectivity index (χ1n) is 14.4. The maximum atomic E-state index is 8.29. The molecule has 0 aliphatic carbocycles. The second-order valence-corrected chi connectivity index (χ2v) is 12.4. The van der Waals surface area contributed by atoms with Crippen molar-refractivity contribution < 1.29 is 4.74 Å². The van der Waals surface area contributed by atoms with E-state index in [9.17, 15) is 0 Å². The van der Waals surface area contributed by atoms with Gasteiger partial charge in [-0.05, 0) is 129 Å². The number of aromatic amines is 2. The Kier molecular flexibility index (Phi) is 8.09. The van der Waals surface area contributed by atoms with E-state index < -0.39 is 0 Å². The molecule has 0 radical (unpaired) electrons. The molecule has 44 heavy (non-hydrogen) atoms. The summed E-state index contributed by atoms with van der Waals surface area (Å²) in [6.07, 6.45) is 0. The molecular formula is C34H33IN8O. The Morgan fingerprint density at radius 3 is 1.68 bits per heavy atom. The van der Waals surface area contributed by atoms with Gasteiger partial charge in [0.25, 0.3) is 0 Å². The van der Waals surface area contributed by atoms with E-state index in [1.54, 1.807) is 0 Å². The Labute approximate surface area is 269 Å². The first-order chi connectivity index (χ1) is 21.1. The second kappa shape index (κ2) is 12.1. The summed E-state index contributed by atoms with van der Waals surface area (Å²) < 4.78 is 7.18. The molecule has 0 unspecified atom stereocenters. The third-order valence-electron chi connectivity index (χ3n) is 6.97. The van der Waals surface area contributed by atoms with Crippen molar-refractivity contribution in [2.24, 2.45) is 0 Å². The molecule has 0 saturated heterocycles. The highest BCUT2D eigenvalue weighted by Gasteiger charge is 2.13. The van der Waals surface area contributed by atoms with Crippen LogP contribution in [0.4, 0.5) is 0 Å². The number of imidazole rings is 2. The number of rotatable bonds is 8. The quantitative estimate of drug-likeness (QED) is 0.0548. The summed E-state index contributed by atoms with van der Waals surface area (Å²) >= 11 is 2.28. The van der Waals surface area contributed by atoms with Gasteiger partial charge >= 0.3 is 0 Å². The van der Waals surface area contributed by atoms with E-state index in [0.29, 0.717) is 11.7 Å². The normalized spacial score (nSPS) is 11.4. The second-order valence-electron chi connectivity index (χ2n) is 11.3. The summed E-state index contributed by atoms with van der Waals surface area (Å²) in [7, 11) is 0. The predicted octanol–water partition coefficient (Wildman–Crippen LogP) is 7.82. The average Bonchev–Trinajstić information content (AvgIpc) is 3.61. The molecule has 10 heteroatoms. The van der Waals surface area contributed by atoms with Crippen molar-refractivity contribution in [3.63, 3.8) is 0 Å². The number of hydrogen-bond donors (Lipinski definition) is 6. The van der Waals surface area contributed by atoms with Crippen LogP contribution in [0.5, 0.6) is 11.5 Å². The smallest absolute Gasteiger partial charge is 0.140 e. The van der Waals surface area contributed by atoms with Gasteiger partial charge in [0.15, 0.2) is 0 Å². The van der Waals surface area contributed by atoms with Gasteiger partial charge in [-0.25, -0.2) is 9.97 Å². The van der Waals surface area contributed by atoms with Crippen LogP contribution in [0.15, 0.2) is 78.9 Å². The summed E-state index contributed by atoms with van der Waals surface area (Å²) in [5.41, 5.74) is 7.00. The third kappa shape index (κ3) is 6.30. The van der Waals surface area contributed by atoms with Crippen LogP contribution in [0.3, 0.4) is 0 Å². The van der Waals surface area contributed by atoms with Crippen LogP contribution in [-0.4, -0.2) is 43.7 Å². The van der Waals surface area contributed by atoms with Crippen LogP contribution in [0.2, 0.25) is 0 Å². The Morgan fingerprint density at radius 1 is 0.682 bits per heavy atom. The molecule has 0 fully saturated rings. The Bertz CT molecular complexity index is 2010. The van der Waals surface area contributed by atoms with E-state index in [0.717, 1.165) is 71.0 Å². The molecule has 0 aliphatic rings. The van der Waals surface area contributed by atoms with Crippen LogP contribution >= 0.6 is 22.6 Å². The van der Waals surface area contributed by atoms with Gasteiger partial charge in [-0.2, -0.15) is 0 Å². The number of hydrogen-bond acceptors (Lipinski definition) is 5. The maximum Gasteiger partial charge on any atom is 0.140 e. The van der Waals surface area contributed by atoms with Crippen molar-refractivity contribution in [3.05, 3.63) is 93.6 Å². The molecule has 0 bridgehead atoms. The van der Waals surface area contributed by atoms with Crippen molar-refractivity contribution in [1.82, 2.24) is 30.6 Å². The molecule has 9 nitrogen and oxygen atoms in total. The minimum absolute atomic E-state index is 0.191. The number of H-pyrrole nitrogens is 2. The first kappa shape index (κ1) is 29.4. The minimum Gasteiger partial charge on any atom is -0.456 e. The fraction of sp³-hybridized carbons (Fsp3) is 0.176. The summed E-state index contributed by atoms with van der Waals surface area (Å²) in [5.74, 6) is 3.79. The molecule has 2 heterocycles. The number of nitrogens with one attached hydrogen (secondary N) is 6. The standard InChI is InChI=1S/C34H33IN8O/c1-18(2)38-31(36)21-7-12-26-28(16-21)42-33(40-26)20-5-10-24(11-6-20)44-30-14-9-23(15-25(30)35)34-41-27-13-8-22(17-29(27)43-34)32(37)39-19(3)4/h5-19H,1-4H3,(H2,36,38)(H2,37,39)(H,40,42)(H,41,43). The zero-order valence-corrected chi connectivity index (χ0v) is 27.0. The van der Waals surface area contributed by atoms with Crippen molar-refractivity contribution in [3.8, 4) is 34.3 Å². The molecule has 0 saturated carbocycles. The fourth-order valence-electron chi connectivity index (χ4n) is 4.89. The van der Waals surface area contributed by atoms with Gasteiger partial charge in [-0.3, -0.25) is 10.8 Å². The molecule has 0 amide bonds. The van der Waals surface area contributed by atoms with E-state index in [-0.39, 0.29) is 12.1 Å². The van der Waals surface area contributed by atoms with Crippen LogP contribution < -0.4 is 15.4 Å². The molecule has 6 rings (SSSR count). The lowest BCUT2D eigenvalue weighted by atomic mass is 10.1. The highest BCUT2D eigenvalue weighted by atomic mass is 127. The third-order valence-corrected chi connectivity index (χ3v) is 7.81. The van der Waals surface area contributed by atoms with Gasteiger partial charge in [0, 0.05) is 34.3 Å². The molecule has 2 aromatic heterocycles. The van der Waals surface area contributed by atoms with Crippen LogP contribution in [0, 0.1) is 14.4 Å². The number of aromatic nitrogens is 4. The van der Waals surface area contributed by atoms with E-state index >= 15 is 0 Å². The Balaban J connectivity index is 1.16. The summed E-state index contributed by atoms with van der Waals surface area (Å²) in [5, 5.41) is 22.9. The lowest BCUT2D eigenvalue weighted by molar-refractivity contribution is 0.479. The lowest BCUT2D eigenvalue weighted by Gasteiger charge is -2.10. The number of halogens is 1. The summed E-state index contributed by atoms with van der Waals surface area (Å²) in [6.45, 7) is 8.07. The fourth-order valence-corrected chi connectivity index (χ4v) is 5.51.